The SMILES string of the molecule is CCOC(OCC)N1CCCCCC1. The lowest BCUT2D eigenvalue weighted by Crippen LogP contribution is -2.40. The van der Waals surface area contributed by atoms with Crippen molar-refractivity contribution in [3.05, 3.63) is 0 Å². The first kappa shape index (κ1) is 12.0. The lowest BCUT2D eigenvalue weighted by molar-refractivity contribution is -0.219. The molecule has 1 aliphatic heterocycles. The number of rotatable bonds is 5. The Hall–Kier alpha value is -0.120. The van der Waals surface area contributed by atoms with Crippen molar-refractivity contribution in [3.63, 3.8) is 0 Å². The van der Waals surface area contributed by atoms with Crippen LogP contribution in [0.25, 0.3) is 0 Å². The molecule has 0 radical (unpaired) electrons. The predicted molar refractivity (Wildman–Crippen MR) is 57.1 cm³/mol. The minimum Gasteiger partial charge on any atom is -0.340 e. The summed E-state index contributed by atoms with van der Waals surface area (Å²) in [6.07, 6.45) is 5.14. The smallest absolute Gasteiger partial charge is 0.218 e. The highest BCUT2D eigenvalue weighted by Gasteiger charge is 2.19. The Kier molecular flexibility index (Phi) is 6.15. The van der Waals surface area contributed by atoms with Gasteiger partial charge in [-0.05, 0) is 26.7 Å². The minimum absolute atomic E-state index is 0.108. The molecule has 1 saturated heterocycles. The molecule has 3 nitrogen and oxygen atoms in total. The summed E-state index contributed by atoms with van der Waals surface area (Å²) < 4.78 is 11.2. The van der Waals surface area contributed by atoms with Crippen molar-refractivity contribution in [1.82, 2.24) is 4.90 Å². The molecule has 0 aromatic rings. The Labute approximate surface area is 87.4 Å². The topological polar surface area (TPSA) is 21.7 Å². The molecule has 0 saturated carbocycles. The molecule has 84 valence electrons. The van der Waals surface area contributed by atoms with Gasteiger partial charge in [-0.3, -0.25) is 4.90 Å². The van der Waals surface area contributed by atoms with Crippen molar-refractivity contribution in [2.24, 2.45) is 0 Å². The molecule has 0 spiro atoms. The summed E-state index contributed by atoms with van der Waals surface area (Å²) in [6.45, 7) is 7.71. The van der Waals surface area contributed by atoms with Gasteiger partial charge in [0.05, 0.1) is 0 Å². The summed E-state index contributed by atoms with van der Waals surface area (Å²) in [7, 11) is 0. The highest BCUT2D eigenvalue weighted by Crippen LogP contribution is 2.13. The van der Waals surface area contributed by atoms with Crippen molar-refractivity contribution in [1.29, 1.82) is 0 Å². The van der Waals surface area contributed by atoms with E-state index in [9.17, 15) is 0 Å². The molecular weight excluding hydrogens is 178 g/mol. The van der Waals surface area contributed by atoms with Crippen LogP contribution >= 0.6 is 0 Å². The lowest BCUT2D eigenvalue weighted by atomic mass is 10.2. The van der Waals surface area contributed by atoms with Gasteiger partial charge >= 0.3 is 0 Å². The zero-order valence-corrected chi connectivity index (χ0v) is 9.50. The Morgan fingerprint density at radius 2 is 1.43 bits per heavy atom. The van der Waals surface area contributed by atoms with Crippen molar-refractivity contribution in [2.45, 2.75) is 45.9 Å². The predicted octanol–water partition coefficient (Wildman–Crippen LogP) is 2.22. The third-order valence-corrected chi connectivity index (χ3v) is 2.56. The zero-order valence-electron chi connectivity index (χ0n) is 9.50. The van der Waals surface area contributed by atoms with Gasteiger partial charge in [-0.1, -0.05) is 12.8 Å². The van der Waals surface area contributed by atoms with Crippen LogP contribution in [0.1, 0.15) is 39.5 Å². The van der Waals surface area contributed by atoms with E-state index in [1.807, 2.05) is 13.8 Å². The quantitative estimate of drug-likeness (QED) is 0.637. The third-order valence-electron chi connectivity index (χ3n) is 2.56. The van der Waals surface area contributed by atoms with E-state index in [1.165, 1.54) is 25.7 Å². The van der Waals surface area contributed by atoms with Crippen molar-refractivity contribution < 1.29 is 9.47 Å². The summed E-state index contributed by atoms with van der Waals surface area (Å²) >= 11 is 0. The number of likely N-dealkylation sites (tertiary alicyclic amines) is 1. The maximum atomic E-state index is 5.58. The summed E-state index contributed by atoms with van der Waals surface area (Å²) in [5, 5.41) is 0. The van der Waals surface area contributed by atoms with E-state index >= 15 is 0 Å². The van der Waals surface area contributed by atoms with Crippen molar-refractivity contribution in [3.8, 4) is 0 Å². The van der Waals surface area contributed by atoms with Gasteiger partial charge in [0.25, 0.3) is 0 Å². The number of hydrogen-bond donors (Lipinski definition) is 0. The van der Waals surface area contributed by atoms with Crippen LogP contribution in [-0.4, -0.2) is 37.6 Å². The fraction of sp³-hybridized carbons (Fsp3) is 1.00. The lowest BCUT2D eigenvalue weighted by Gasteiger charge is -2.29. The normalized spacial score (nSPS) is 19.9. The molecule has 0 amide bonds. The number of ether oxygens (including phenoxy) is 2. The van der Waals surface area contributed by atoms with Crippen molar-refractivity contribution in [2.75, 3.05) is 26.3 Å². The summed E-state index contributed by atoms with van der Waals surface area (Å²) in [6, 6.07) is 0. The van der Waals surface area contributed by atoms with E-state index in [0.717, 1.165) is 26.3 Å². The van der Waals surface area contributed by atoms with Crippen molar-refractivity contribution >= 4 is 0 Å². The van der Waals surface area contributed by atoms with Gasteiger partial charge in [-0.25, -0.2) is 0 Å². The second-order valence-corrected chi connectivity index (χ2v) is 3.67. The maximum Gasteiger partial charge on any atom is 0.218 e. The first-order chi connectivity index (χ1) is 6.88. The van der Waals surface area contributed by atoms with E-state index in [0.29, 0.717) is 0 Å². The Bertz CT molecular complexity index is 127. The van der Waals surface area contributed by atoms with E-state index in [1.54, 1.807) is 0 Å². The molecule has 1 rings (SSSR count). The molecule has 3 heteroatoms. The molecule has 0 unspecified atom stereocenters. The second kappa shape index (κ2) is 7.21. The van der Waals surface area contributed by atoms with Gasteiger partial charge < -0.3 is 9.47 Å². The molecule has 0 aromatic heterocycles. The number of nitrogens with zero attached hydrogens (tertiary/aromatic N) is 1. The van der Waals surface area contributed by atoms with Crippen LogP contribution in [0.3, 0.4) is 0 Å². The average Bonchev–Trinajstić information content (AvgIpc) is 2.45. The number of hydrogen-bond acceptors (Lipinski definition) is 3. The minimum atomic E-state index is -0.108. The van der Waals surface area contributed by atoms with Gasteiger partial charge in [0.2, 0.25) is 6.41 Å². The molecule has 0 aromatic carbocycles. The van der Waals surface area contributed by atoms with Gasteiger partial charge in [0.1, 0.15) is 0 Å². The largest absolute Gasteiger partial charge is 0.340 e. The summed E-state index contributed by atoms with van der Waals surface area (Å²) in [4.78, 5) is 2.32. The van der Waals surface area contributed by atoms with Crippen LogP contribution in [0.5, 0.6) is 0 Å². The molecule has 1 aliphatic rings. The standard InChI is InChI=1S/C11H23NO2/c1-3-13-11(14-4-2)12-9-7-5-6-8-10-12/h11H,3-10H2,1-2H3. The molecule has 0 N–H and O–H groups in total. The first-order valence-electron chi connectivity index (χ1n) is 5.85. The van der Waals surface area contributed by atoms with E-state index in [4.69, 9.17) is 9.47 Å². The van der Waals surface area contributed by atoms with E-state index < -0.39 is 0 Å². The van der Waals surface area contributed by atoms with Crippen LogP contribution in [-0.2, 0) is 9.47 Å². The van der Waals surface area contributed by atoms with Gasteiger partial charge in [0, 0.05) is 26.3 Å². The molecule has 0 bridgehead atoms. The Morgan fingerprint density at radius 1 is 0.929 bits per heavy atom. The van der Waals surface area contributed by atoms with Gasteiger partial charge in [-0.2, -0.15) is 0 Å². The molecule has 1 fully saturated rings. The zero-order chi connectivity index (χ0) is 10.2. The third kappa shape index (κ3) is 3.95. The highest BCUT2D eigenvalue weighted by atomic mass is 16.7. The molecule has 0 aliphatic carbocycles. The van der Waals surface area contributed by atoms with Crippen LogP contribution < -0.4 is 0 Å². The maximum absolute atomic E-state index is 5.58. The van der Waals surface area contributed by atoms with Gasteiger partial charge in [-0.15, -0.1) is 0 Å². The van der Waals surface area contributed by atoms with Crippen LogP contribution in [0.15, 0.2) is 0 Å². The first-order valence-corrected chi connectivity index (χ1v) is 5.85. The molecule has 0 atom stereocenters. The van der Waals surface area contributed by atoms with Crippen LogP contribution in [0.4, 0.5) is 0 Å². The summed E-state index contributed by atoms with van der Waals surface area (Å²) in [5.74, 6) is 0. The van der Waals surface area contributed by atoms with Gasteiger partial charge in [0.15, 0.2) is 0 Å². The van der Waals surface area contributed by atoms with Crippen LogP contribution in [0, 0.1) is 0 Å². The summed E-state index contributed by atoms with van der Waals surface area (Å²) in [5.41, 5.74) is 0. The van der Waals surface area contributed by atoms with E-state index in [2.05, 4.69) is 4.90 Å². The fourth-order valence-corrected chi connectivity index (χ4v) is 1.85. The molecule has 1 heterocycles. The molecule has 14 heavy (non-hydrogen) atoms. The monoisotopic (exact) mass is 201 g/mol. The molecular formula is C11H23NO2. The average molecular weight is 201 g/mol. The van der Waals surface area contributed by atoms with E-state index in [-0.39, 0.29) is 6.41 Å². The Balaban J connectivity index is 2.38. The Morgan fingerprint density at radius 3 is 1.86 bits per heavy atom. The van der Waals surface area contributed by atoms with Crippen LogP contribution in [0.2, 0.25) is 0 Å². The second-order valence-electron chi connectivity index (χ2n) is 3.67. The fourth-order valence-electron chi connectivity index (χ4n) is 1.85. The highest BCUT2D eigenvalue weighted by molar-refractivity contribution is 4.62.